The maximum Gasteiger partial charge on any atom is 0.141 e. The third-order valence-electron chi connectivity index (χ3n) is 5.11. The van der Waals surface area contributed by atoms with Gasteiger partial charge in [-0.1, -0.05) is 23.7 Å². The second-order valence-electron chi connectivity index (χ2n) is 6.95. The van der Waals surface area contributed by atoms with E-state index in [1.165, 1.54) is 21.4 Å². The Morgan fingerprint density at radius 2 is 1.69 bits per heavy atom. The fraction of sp³-hybridized carbons (Fsp3) is 0.400. The van der Waals surface area contributed by atoms with Gasteiger partial charge in [0.15, 0.2) is 0 Å². The number of halogens is 1. The van der Waals surface area contributed by atoms with Gasteiger partial charge in [-0.05, 0) is 44.0 Å². The maximum atomic E-state index is 5.98. The summed E-state index contributed by atoms with van der Waals surface area (Å²) in [6.07, 6.45) is 0. The molecule has 0 aliphatic carbocycles. The van der Waals surface area contributed by atoms with Gasteiger partial charge in [-0.2, -0.15) is 0 Å². The third-order valence-corrected chi connectivity index (χ3v) is 6.47. The van der Waals surface area contributed by atoms with Crippen LogP contribution in [-0.4, -0.2) is 41.0 Å². The fourth-order valence-electron chi connectivity index (χ4n) is 3.53. The van der Waals surface area contributed by atoms with E-state index in [0.717, 1.165) is 54.2 Å². The fourth-order valence-corrected chi connectivity index (χ4v) is 4.72. The van der Waals surface area contributed by atoms with Crippen molar-refractivity contribution in [3.05, 3.63) is 51.1 Å². The normalized spacial score (nSPS) is 15.8. The van der Waals surface area contributed by atoms with Crippen LogP contribution in [0.5, 0.6) is 0 Å². The summed E-state index contributed by atoms with van der Waals surface area (Å²) >= 11 is 7.76. The lowest BCUT2D eigenvalue weighted by Crippen LogP contribution is -2.46. The second-order valence-corrected chi connectivity index (χ2v) is 8.59. The number of aryl methyl sites for hydroxylation is 3. The van der Waals surface area contributed by atoms with E-state index in [-0.39, 0.29) is 0 Å². The van der Waals surface area contributed by atoms with Crippen LogP contribution in [0.15, 0.2) is 24.3 Å². The third kappa shape index (κ3) is 3.43. The van der Waals surface area contributed by atoms with Gasteiger partial charge in [0.1, 0.15) is 16.5 Å². The van der Waals surface area contributed by atoms with Crippen molar-refractivity contribution in [3.63, 3.8) is 0 Å². The molecule has 2 aromatic heterocycles. The Bertz CT molecular complexity index is 927. The number of fused-ring (bicyclic) bond motifs is 1. The molecule has 0 atom stereocenters. The lowest BCUT2D eigenvalue weighted by molar-refractivity contribution is 0.249. The van der Waals surface area contributed by atoms with E-state index in [9.17, 15) is 0 Å². The summed E-state index contributed by atoms with van der Waals surface area (Å²) in [7, 11) is 0. The van der Waals surface area contributed by atoms with Crippen molar-refractivity contribution in [1.82, 2.24) is 14.9 Å². The zero-order valence-corrected chi connectivity index (χ0v) is 17.0. The molecule has 0 amide bonds. The zero-order valence-electron chi connectivity index (χ0n) is 15.4. The standard InChI is InChI=1S/C20H23ClN4S/c1-13-14(2)26-20-18(13)19(22-15(3)23-20)25-10-8-24(9-11-25)12-16-4-6-17(21)7-5-16/h4-7H,8-12H2,1-3H3. The van der Waals surface area contributed by atoms with Crippen LogP contribution in [0.4, 0.5) is 5.82 Å². The average molecular weight is 387 g/mol. The molecule has 0 spiro atoms. The monoisotopic (exact) mass is 386 g/mol. The first-order chi connectivity index (χ1) is 12.5. The Kier molecular flexibility index (Phi) is 4.86. The van der Waals surface area contributed by atoms with Gasteiger partial charge in [0, 0.05) is 42.6 Å². The smallest absolute Gasteiger partial charge is 0.141 e. The molecule has 1 fully saturated rings. The maximum absolute atomic E-state index is 5.98. The van der Waals surface area contributed by atoms with Crippen molar-refractivity contribution in [2.75, 3.05) is 31.1 Å². The lowest BCUT2D eigenvalue weighted by atomic mass is 10.1. The highest BCUT2D eigenvalue weighted by Crippen LogP contribution is 2.35. The number of rotatable bonds is 3. The van der Waals surface area contributed by atoms with Crippen LogP contribution in [-0.2, 0) is 6.54 Å². The summed E-state index contributed by atoms with van der Waals surface area (Å²) in [5.74, 6) is 1.97. The molecule has 0 radical (unpaired) electrons. The van der Waals surface area contributed by atoms with Crippen molar-refractivity contribution in [2.24, 2.45) is 0 Å². The molecule has 0 bridgehead atoms. The predicted octanol–water partition coefficient (Wildman–Crippen LogP) is 4.59. The van der Waals surface area contributed by atoms with Crippen LogP contribution < -0.4 is 4.90 Å². The van der Waals surface area contributed by atoms with Crippen molar-refractivity contribution in [2.45, 2.75) is 27.3 Å². The van der Waals surface area contributed by atoms with Crippen LogP contribution >= 0.6 is 22.9 Å². The molecule has 1 aromatic carbocycles. The number of thiophene rings is 1. The van der Waals surface area contributed by atoms with E-state index in [4.69, 9.17) is 16.6 Å². The number of benzene rings is 1. The van der Waals surface area contributed by atoms with Gasteiger partial charge < -0.3 is 4.90 Å². The highest BCUT2D eigenvalue weighted by atomic mass is 35.5. The molecule has 136 valence electrons. The predicted molar refractivity (Wildman–Crippen MR) is 111 cm³/mol. The summed E-state index contributed by atoms with van der Waals surface area (Å²) in [5, 5.41) is 2.03. The van der Waals surface area contributed by atoms with E-state index in [1.54, 1.807) is 11.3 Å². The van der Waals surface area contributed by atoms with Gasteiger partial charge in [0.25, 0.3) is 0 Å². The Balaban J connectivity index is 1.51. The second kappa shape index (κ2) is 7.14. The van der Waals surface area contributed by atoms with Gasteiger partial charge in [-0.3, -0.25) is 4.90 Å². The Hall–Kier alpha value is -1.69. The minimum absolute atomic E-state index is 0.795. The summed E-state index contributed by atoms with van der Waals surface area (Å²) in [4.78, 5) is 16.8. The Morgan fingerprint density at radius 1 is 1.00 bits per heavy atom. The van der Waals surface area contributed by atoms with Crippen LogP contribution in [0.2, 0.25) is 5.02 Å². The van der Waals surface area contributed by atoms with Crippen molar-refractivity contribution in [1.29, 1.82) is 0 Å². The number of anilines is 1. The largest absolute Gasteiger partial charge is 0.353 e. The quantitative estimate of drug-likeness (QED) is 0.658. The van der Waals surface area contributed by atoms with E-state index in [1.807, 2.05) is 19.1 Å². The number of hydrogen-bond donors (Lipinski definition) is 0. The van der Waals surface area contributed by atoms with Gasteiger partial charge >= 0.3 is 0 Å². The molecule has 1 aliphatic rings. The SMILES string of the molecule is Cc1nc(N2CCN(Cc3ccc(Cl)cc3)CC2)c2c(C)c(C)sc2n1. The minimum Gasteiger partial charge on any atom is -0.353 e. The van der Waals surface area contributed by atoms with Crippen LogP contribution in [0.1, 0.15) is 21.8 Å². The van der Waals surface area contributed by atoms with Crippen molar-refractivity contribution in [3.8, 4) is 0 Å². The summed E-state index contributed by atoms with van der Waals surface area (Å²) < 4.78 is 0. The summed E-state index contributed by atoms with van der Waals surface area (Å²) in [5.41, 5.74) is 2.64. The first kappa shape index (κ1) is 17.7. The van der Waals surface area contributed by atoms with Crippen LogP contribution in [0.25, 0.3) is 10.2 Å². The zero-order chi connectivity index (χ0) is 18.3. The van der Waals surface area contributed by atoms with Gasteiger partial charge in [-0.15, -0.1) is 11.3 Å². The minimum atomic E-state index is 0.795. The van der Waals surface area contributed by atoms with Crippen molar-refractivity contribution >= 4 is 39.0 Å². The van der Waals surface area contributed by atoms with Gasteiger partial charge in [-0.25, -0.2) is 9.97 Å². The molecular weight excluding hydrogens is 364 g/mol. The molecule has 26 heavy (non-hydrogen) atoms. The van der Waals surface area contributed by atoms with E-state index >= 15 is 0 Å². The van der Waals surface area contributed by atoms with Crippen molar-refractivity contribution < 1.29 is 0 Å². The van der Waals surface area contributed by atoms with Crippen LogP contribution in [0.3, 0.4) is 0 Å². The van der Waals surface area contributed by atoms with E-state index < -0.39 is 0 Å². The molecule has 3 aromatic rings. The average Bonchev–Trinajstić information content (AvgIpc) is 2.91. The van der Waals surface area contributed by atoms with Gasteiger partial charge in [0.2, 0.25) is 0 Å². The first-order valence-corrected chi connectivity index (χ1v) is 10.2. The van der Waals surface area contributed by atoms with Gasteiger partial charge in [0.05, 0.1) is 5.39 Å². The molecule has 1 saturated heterocycles. The molecule has 0 unspecified atom stereocenters. The first-order valence-electron chi connectivity index (χ1n) is 8.97. The molecule has 1 aliphatic heterocycles. The van der Waals surface area contributed by atoms with E-state index in [0.29, 0.717) is 0 Å². The number of piperazine rings is 1. The molecular formula is C20H23ClN4S. The molecule has 0 saturated carbocycles. The lowest BCUT2D eigenvalue weighted by Gasteiger charge is -2.35. The highest BCUT2D eigenvalue weighted by molar-refractivity contribution is 7.18. The van der Waals surface area contributed by atoms with E-state index in [2.05, 4.69) is 40.8 Å². The highest BCUT2D eigenvalue weighted by Gasteiger charge is 2.22. The molecule has 3 heterocycles. The Morgan fingerprint density at radius 3 is 2.38 bits per heavy atom. The molecule has 0 N–H and O–H groups in total. The van der Waals surface area contributed by atoms with Crippen LogP contribution in [0, 0.1) is 20.8 Å². The number of hydrogen-bond acceptors (Lipinski definition) is 5. The molecule has 4 rings (SSSR count). The Labute approximate surface area is 163 Å². The number of aromatic nitrogens is 2. The summed E-state index contributed by atoms with van der Waals surface area (Å²) in [6, 6.07) is 8.16. The summed E-state index contributed by atoms with van der Waals surface area (Å²) in [6.45, 7) is 11.4. The number of nitrogens with zero attached hydrogens (tertiary/aromatic N) is 4. The molecule has 4 nitrogen and oxygen atoms in total. The molecule has 6 heteroatoms. The topological polar surface area (TPSA) is 32.3 Å².